The maximum Gasteiger partial charge on any atom is 0.341 e. The van der Waals surface area contributed by atoms with Gasteiger partial charge in [-0.3, -0.25) is 4.79 Å². The molecule has 3 aromatic rings. The number of carbonyl (C=O) groups excluding carboxylic acids is 1. The lowest BCUT2D eigenvalue weighted by atomic mass is 10.0. The zero-order chi connectivity index (χ0) is 19.6. The summed E-state index contributed by atoms with van der Waals surface area (Å²) in [5, 5.41) is 15.9. The molecule has 0 bridgehead atoms. The monoisotopic (exact) mass is 369 g/mol. The number of carboxylic acid groups (broad SMARTS) is 1. The first-order chi connectivity index (χ1) is 12.8. The number of nitrogens with one attached hydrogen (secondary N) is 1. The summed E-state index contributed by atoms with van der Waals surface area (Å²) >= 11 is 0. The van der Waals surface area contributed by atoms with E-state index in [9.17, 15) is 9.59 Å². The summed E-state index contributed by atoms with van der Waals surface area (Å²) < 4.78 is 10.3. The van der Waals surface area contributed by atoms with Gasteiger partial charge in [0.1, 0.15) is 5.75 Å². The fourth-order valence-electron chi connectivity index (χ4n) is 2.57. The third kappa shape index (κ3) is 4.05. The van der Waals surface area contributed by atoms with Gasteiger partial charge in [-0.15, -0.1) is 0 Å². The largest absolute Gasteiger partial charge is 0.482 e. The molecule has 0 spiro atoms. The second kappa shape index (κ2) is 7.45. The van der Waals surface area contributed by atoms with Gasteiger partial charge in [-0.2, -0.15) is 0 Å². The zero-order valence-corrected chi connectivity index (χ0v) is 15.1. The SMILES string of the molecule is Cc1noc2nc(C(C)C)cc(C(=O)Nc3ccc(OCC(=O)O)cc3)c12. The molecule has 27 heavy (non-hydrogen) atoms. The van der Waals surface area contributed by atoms with Crippen LogP contribution in [0.2, 0.25) is 0 Å². The van der Waals surface area contributed by atoms with Gasteiger partial charge in [-0.25, -0.2) is 9.78 Å². The molecule has 8 heteroatoms. The number of aliphatic carboxylic acids is 1. The van der Waals surface area contributed by atoms with Gasteiger partial charge in [0.25, 0.3) is 11.6 Å². The van der Waals surface area contributed by atoms with E-state index in [1.54, 1.807) is 37.3 Å². The molecule has 2 N–H and O–H groups in total. The highest BCUT2D eigenvalue weighted by molar-refractivity contribution is 6.12. The lowest BCUT2D eigenvalue weighted by Gasteiger charge is -2.10. The van der Waals surface area contributed by atoms with Crippen molar-refractivity contribution in [2.45, 2.75) is 26.7 Å². The van der Waals surface area contributed by atoms with Crippen molar-refractivity contribution in [3.63, 3.8) is 0 Å². The van der Waals surface area contributed by atoms with Crippen LogP contribution >= 0.6 is 0 Å². The molecular weight excluding hydrogens is 350 g/mol. The molecule has 0 radical (unpaired) electrons. The Labute approximate surface area is 155 Å². The fourth-order valence-corrected chi connectivity index (χ4v) is 2.57. The van der Waals surface area contributed by atoms with E-state index in [-0.39, 0.29) is 11.8 Å². The lowest BCUT2D eigenvalue weighted by Crippen LogP contribution is -2.14. The Kier molecular flexibility index (Phi) is 5.07. The predicted octanol–water partition coefficient (Wildman–Crippen LogP) is 3.37. The van der Waals surface area contributed by atoms with E-state index in [4.69, 9.17) is 14.4 Å². The maximum absolute atomic E-state index is 12.8. The van der Waals surface area contributed by atoms with Gasteiger partial charge in [0.2, 0.25) is 0 Å². The van der Waals surface area contributed by atoms with Crippen LogP contribution in [0.15, 0.2) is 34.9 Å². The van der Waals surface area contributed by atoms with Gasteiger partial charge >= 0.3 is 5.97 Å². The van der Waals surface area contributed by atoms with Gasteiger partial charge in [0.15, 0.2) is 6.61 Å². The summed E-state index contributed by atoms with van der Waals surface area (Å²) in [6.45, 7) is 5.29. The van der Waals surface area contributed by atoms with Crippen LogP contribution in [-0.4, -0.2) is 33.7 Å². The van der Waals surface area contributed by atoms with Crippen LogP contribution in [0.4, 0.5) is 5.69 Å². The number of ether oxygens (including phenoxy) is 1. The highest BCUT2D eigenvalue weighted by atomic mass is 16.5. The molecule has 1 aromatic carbocycles. The van der Waals surface area contributed by atoms with Crippen LogP contribution in [0.1, 0.15) is 41.5 Å². The van der Waals surface area contributed by atoms with Crippen molar-refractivity contribution >= 4 is 28.7 Å². The molecule has 1 amide bonds. The number of anilines is 1. The minimum absolute atomic E-state index is 0.122. The third-order valence-electron chi connectivity index (χ3n) is 3.95. The number of rotatable bonds is 6. The minimum Gasteiger partial charge on any atom is -0.482 e. The molecule has 0 aliphatic rings. The van der Waals surface area contributed by atoms with Crippen molar-refractivity contribution in [2.24, 2.45) is 0 Å². The summed E-state index contributed by atoms with van der Waals surface area (Å²) in [5.74, 6) is -0.843. The molecule has 0 fully saturated rings. The molecule has 0 aliphatic carbocycles. The van der Waals surface area contributed by atoms with E-state index >= 15 is 0 Å². The second-order valence-corrected chi connectivity index (χ2v) is 6.36. The summed E-state index contributed by atoms with van der Waals surface area (Å²) in [6.07, 6.45) is 0. The molecule has 0 aliphatic heterocycles. The van der Waals surface area contributed by atoms with Crippen molar-refractivity contribution < 1.29 is 24.0 Å². The third-order valence-corrected chi connectivity index (χ3v) is 3.95. The molecule has 2 aromatic heterocycles. The Bertz CT molecular complexity index is 992. The van der Waals surface area contributed by atoms with Crippen LogP contribution in [-0.2, 0) is 4.79 Å². The molecule has 0 atom stereocenters. The van der Waals surface area contributed by atoms with Crippen molar-refractivity contribution in [1.82, 2.24) is 10.1 Å². The Morgan fingerprint density at radius 3 is 2.59 bits per heavy atom. The van der Waals surface area contributed by atoms with Crippen LogP contribution in [0.5, 0.6) is 5.75 Å². The molecule has 8 nitrogen and oxygen atoms in total. The number of carboxylic acids is 1. The number of fused-ring (bicyclic) bond motifs is 1. The van der Waals surface area contributed by atoms with Crippen LogP contribution in [0.3, 0.4) is 0 Å². The first-order valence-corrected chi connectivity index (χ1v) is 8.38. The molecule has 2 heterocycles. The van der Waals surface area contributed by atoms with E-state index in [0.29, 0.717) is 33.8 Å². The minimum atomic E-state index is -1.06. The van der Waals surface area contributed by atoms with Gasteiger partial charge in [0, 0.05) is 11.4 Å². The molecule has 140 valence electrons. The number of benzene rings is 1. The van der Waals surface area contributed by atoms with Gasteiger partial charge in [0.05, 0.1) is 16.6 Å². The van der Waals surface area contributed by atoms with Crippen molar-refractivity contribution in [3.05, 3.63) is 47.3 Å². The van der Waals surface area contributed by atoms with Crippen LogP contribution in [0.25, 0.3) is 11.1 Å². The van der Waals surface area contributed by atoms with Gasteiger partial charge in [-0.1, -0.05) is 19.0 Å². The Morgan fingerprint density at radius 2 is 1.96 bits per heavy atom. The van der Waals surface area contributed by atoms with E-state index < -0.39 is 12.6 Å². The number of hydrogen-bond acceptors (Lipinski definition) is 6. The number of hydrogen-bond donors (Lipinski definition) is 2. The number of aromatic nitrogens is 2. The first-order valence-electron chi connectivity index (χ1n) is 8.38. The smallest absolute Gasteiger partial charge is 0.341 e. The highest BCUT2D eigenvalue weighted by Gasteiger charge is 2.20. The van der Waals surface area contributed by atoms with Crippen LogP contribution < -0.4 is 10.1 Å². The summed E-state index contributed by atoms with van der Waals surface area (Å²) in [6, 6.07) is 8.20. The average molecular weight is 369 g/mol. The molecule has 0 unspecified atom stereocenters. The number of pyridine rings is 1. The molecule has 3 rings (SSSR count). The molecule has 0 saturated carbocycles. The Balaban J connectivity index is 1.85. The predicted molar refractivity (Wildman–Crippen MR) is 98.2 cm³/mol. The second-order valence-electron chi connectivity index (χ2n) is 6.36. The molecule has 0 saturated heterocycles. The fraction of sp³-hybridized carbons (Fsp3) is 0.263. The van der Waals surface area contributed by atoms with Gasteiger partial charge < -0.3 is 19.7 Å². The highest BCUT2D eigenvalue weighted by Crippen LogP contribution is 2.26. The quantitative estimate of drug-likeness (QED) is 0.684. The Hall–Kier alpha value is -3.42. The van der Waals surface area contributed by atoms with Crippen LogP contribution in [0, 0.1) is 6.92 Å². The Morgan fingerprint density at radius 1 is 1.26 bits per heavy atom. The van der Waals surface area contributed by atoms with E-state index in [1.807, 2.05) is 13.8 Å². The number of amides is 1. The zero-order valence-electron chi connectivity index (χ0n) is 15.1. The summed E-state index contributed by atoms with van der Waals surface area (Å²) in [5.41, 5.74) is 2.65. The normalized spacial score (nSPS) is 11.0. The first kappa shape index (κ1) is 18.4. The van der Waals surface area contributed by atoms with Crippen molar-refractivity contribution in [1.29, 1.82) is 0 Å². The van der Waals surface area contributed by atoms with E-state index in [0.717, 1.165) is 5.69 Å². The van der Waals surface area contributed by atoms with E-state index in [1.165, 1.54) is 0 Å². The standard InChI is InChI=1S/C19H19N3O5/c1-10(2)15-8-14(17-11(3)22-27-19(17)21-15)18(25)20-12-4-6-13(7-5-12)26-9-16(23)24/h4-8,10H,9H2,1-3H3,(H,20,25)(H,23,24). The summed E-state index contributed by atoms with van der Waals surface area (Å²) in [7, 11) is 0. The maximum atomic E-state index is 12.8. The number of aryl methyl sites for hydroxylation is 1. The lowest BCUT2D eigenvalue weighted by molar-refractivity contribution is -0.139. The topological polar surface area (TPSA) is 115 Å². The van der Waals surface area contributed by atoms with E-state index in [2.05, 4.69) is 15.5 Å². The van der Waals surface area contributed by atoms with Crippen molar-refractivity contribution in [3.8, 4) is 5.75 Å². The molecular formula is C19H19N3O5. The number of carbonyl (C=O) groups is 2. The average Bonchev–Trinajstić information content (AvgIpc) is 3.01. The summed E-state index contributed by atoms with van der Waals surface area (Å²) in [4.78, 5) is 27.8. The van der Waals surface area contributed by atoms with Crippen molar-refractivity contribution in [2.75, 3.05) is 11.9 Å². The van der Waals surface area contributed by atoms with Gasteiger partial charge in [-0.05, 0) is 43.2 Å². The number of nitrogens with zero attached hydrogens (tertiary/aromatic N) is 2.